The second kappa shape index (κ2) is 9.63. The molecule has 200 valence electrons. The van der Waals surface area contributed by atoms with Gasteiger partial charge in [0.05, 0.1) is 0 Å². The molecule has 2 N–H and O–H groups in total. The number of carbonyl (C=O) groups excluding carboxylic acids is 1. The Morgan fingerprint density at radius 2 is 1.11 bits per heavy atom. The van der Waals surface area contributed by atoms with Gasteiger partial charge in [0.15, 0.2) is 8.66 Å². The molecule has 0 radical (unpaired) electrons. The van der Waals surface area contributed by atoms with E-state index in [4.69, 9.17) is 0 Å². The number of esters is 1. The third kappa shape index (κ3) is 4.56. The van der Waals surface area contributed by atoms with Crippen LogP contribution in [0, 0.1) is 0 Å². The molecule has 0 heterocycles. The Morgan fingerprint density at radius 3 is 1.38 bits per heavy atom. The van der Waals surface area contributed by atoms with Crippen molar-refractivity contribution in [3.8, 4) is 0 Å². The zero-order chi connectivity index (χ0) is 27.7. The number of ether oxygens (including phenoxy) is 1. The van der Waals surface area contributed by atoms with Gasteiger partial charge in [0.1, 0.15) is 0 Å². The van der Waals surface area contributed by atoms with Crippen LogP contribution in [0.4, 0.5) is 26.3 Å². The van der Waals surface area contributed by atoms with Crippen molar-refractivity contribution < 1.29 is 49.2 Å². The van der Waals surface area contributed by atoms with Gasteiger partial charge in [-0.15, -0.1) is 0 Å². The van der Waals surface area contributed by atoms with E-state index in [1.54, 1.807) is 0 Å². The first-order chi connectivity index (χ1) is 17.1. The highest BCUT2D eigenvalue weighted by Gasteiger charge is 2.77. The second-order valence-electron chi connectivity index (χ2n) is 7.59. The predicted molar refractivity (Wildman–Crippen MR) is 126 cm³/mol. The van der Waals surface area contributed by atoms with E-state index in [-0.39, 0.29) is 0 Å². The third-order valence-corrected chi connectivity index (χ3v) is 15.1. The zero-order valence-corrected chi connectivity index (χ0v) is 20.3. The molecule has 0 fully saturated rings. The van der Waals surface area contributed by atoms with E-state index in [1.807, 2.05) is 0 Å². The van der Waals surface area contributed by atoms with E-state index in [9.17, 15) is 35.7 Å². The molecule has 0 spiro atoms. The average molecular weight is 567 g/mol. The van der Waals surface area contributed by atoms with Gasteiger partial charge in [-0.05, 0) is 36.4 Å². The van der Waals surface area contributed by atoms with Crippen molar-refractivity contribution in [1.29, 1.82) is 0 Å². The van der Waals surface area contributed by atoms with Gasteiger partial charge in [-0.2, -0.15) is 26.3 Å². The molecule has 5 nitrogen and oxygen atoms in total. The summed E-state index contributed by atoms with van der Waals surface area (Å²) in [6.07, 6.45) is -10.9. The van der Waals surface area contributed by atoms with Gasteiger partial charge in [0.25, 0.3) is 6.10 Å². The Kier molecular flexibility index (Phi) is 7.41. The van der Waals surface area contributed by atoms with Crippen LogP contribution >= 0.6 is 9.06 Å². The van der Waals surface area contributed by atoms with Gasteiger partial charge < -0.3 is 4.74 Å². The molecule has 1 unspecified atom stereocenters. The van der Waals surface area contributed by atoms with E-state index in [2.05, 4.69) is 11.3 Å². The van der Waals surface area contributed by atoms with Crippen LogP contribution < -0.4 is 0 Å². The maximum absolute atomic E-state index is 16.0. The highest BCUT2D eigenvalue weighted by atomic mass is 33.2. The smallest absolute Gasteiger partial charge is 0.432 e. The topological polar surface area (TPSA) is 83.8 Å². The SMILES string of the molecule is C=C(F)C(=O)OC(C(F)(F)F)C(F)(F)S(=O)(O)(O)S(c1ccccc1)(c1ccccc1)c1ccccc1. The molecular formula is C24H20F6O5S2. The van der Waals surface area contributed by atoms with Crippen molar-refractivity contribution in [1.82, 2.24) is 0 Å². The van der Waals surface area contributed by atoms with Crippen LogP contribution in [0.3, 0.4) is 0 Å². The molecule has 3 aromatic rings. The summed E-state index contributed by atoms with van der Waals surface area (Å²) in [5, 5.41) is -6.13. The minimum Gasteiger partial charge on any atom is -0.440 e. The summed E-state index contributed by atoms with van der Waals surface area (Å²) in [5.74, 6) is -4.72. The fourth-order valence-corrected chi connectivity index (χ4v) is 13.4. The number of carbonyl (C=O) groups is 1. The highest BCUT2D eigenvalue weighted by molar-refractivity contribution is 8.97. The van der Waals surface area contributed by atoms with Gasteiger partial charge in [0.2, 0.25) is 5.83 Å². The second-order valence-corrected chi connectivity index (χ2v) is 15.6. The third-order valence-electron chi connectivity index (χ3n) is 5.19. The molecule has 0 aliphatic heterocycles. The van der Waals surface area contributed by atoms with Crippen molar-refractivity contribution in [2.75, 3.05) is 0 Å². The van der Waals surface area contributed by atoms with Crippen LogP contribution in [0.5, 0.6) is 0 Å². The van der Waals surface area contributed by atoms with Crippen molar-refractivity contribution in [2.24, 2.45) is 0 Å². The highest BCUT2D eigenvalue weighted by Crippen LogP contribution is 2.82. The Bertz CT molecular complexity index is 1250. The van der Waals surface area contributed by atoms with E-state index in [0.29, 0.717) is 0 Å². The lowest BCUT2D eigenvalue weighted by Gasteiger charge is -2.57. The number of hydrogen-bond acceptors (Lipinski definition) is 3. The molecular weight excluding hydrogens is 546 g/mol. The van der Waals surface area contributed by atoms with Crippen LogP contribution in [-0.2, 0) is 18.2 Å². The van der Waals surface area contributed by atoms with Crippen molar-refractivity contribution in [3.63, 3.8) is 0 Å². The standard InChI is InChI=1S/C24H20F6O5S2/c1-17(25)21(31)35-22(23(26,27)28)24(29,30)37(32,33,34)36(18-11-5-2-6-12-18,19-13-7-3-8-14-19)20-15-9-4-10-16-20/h2-16,22H,1H2,(H2,32,33,34). The molecule has 0 saturated heterocycles. The van der Waals surface area contributed by atoms with Crippen molar-refractivity contribution >= 4 is 23.7 Å². The largest absolute Gasteiger partial charge is 0.440 e. The molecule has 0 saturated carbocycles. The summed E-state index contributed by atoms with van der Waals surface area (Å²) < 4.78 is 128. The summed E-state index contributed by atoms with van der Waals surface area (Å²) in [4.78, 5) is 10.3. The molecule has 3 aromatic carbocycles. The Hall–Kier alpha value is -3.13. The van der Waals surface area contributed by atoms with Crippen LogP contribution in [0.25, 0.3) is 0 Å². The van der Waals surface area contributed by atoms with Gasteiger partial charge in [-0.3, -0.25) is 9.11 Å². The number of halogens is 6. The first-order valence-corrected chi connectivity index (χ1v) is 14.2. The summed E-state index contributed by atoms with van der Waals surface area (Å²) in [6.45, 7) is 2.40. The number of benzene rings is 3. The Morgan fingerprint density at radius 1 is 0.784 bits per heavy atom. The lowest BCUT2D eigenvalue weighted by atomic mass is 10.3. The summed E-state index contributed by atoms with van der Waals surface area (Å²) in [7, 11) is -12.7. The van der Waals surface area contributed by atoms with E-state index in [1.165, 1.54) is 54.6 Å². The first-order valence-electron chi connectivity index (χ1n) is 10.2. The normalized spacial score (nSPS) is 15.2. The Labute approximate surface area is 208 Å². The molecule has 0 bridgehead atoms. The summed E-state index contributed by atoms with van der Waals surface area (Å²) in [5.41, 5.74) is 0. The van der Waals surface area contributed by atoms with Gasteiger partial charge in [-0.1, -0.05) is 70.2 Å². The fourth-order valence-electron chi connectivity index (χ4n) is 3.61. The zero-order valence-electron chi connectivity index (χ0n) is 18.6. The molecule has 3 rings (SSSR count). The molecule has 0 amide bonds. The van der Waals surface area contributed by atoms with E-state index in [0.717, 1.165) is 36.4 Å². The monoisotopic (exact) mass is 566 g/mol. The summed E-state index contributed by atoms with van der Waals surface area (Å²) >= 11 is 0. The van der Waals surface area contributed by atoms with Gasteiger partial charge in [-0.25, -0.2) is 9.00 Å². The molecule has 13 heteroatoms. The number of hydrogen-bond donors (Lipinski definition) is 2. The molecule has 1 atom stereocenters. The maximum Gasteiger partial charge on any atom is 0.432 e. The number of alkyl halides is 5. The van der Waals surface area contributed by atoms with Crippen LogP contribution in [0.1, 0.15) is 0 Å². The average Bonchev–Trinajstić information content (AvgIpc) is 2.83. The predicted octanol–water partition coefficient (Wildman–Crippen LogP) is 7.20. The molecule has 0 aliphatic rings. The van der Waals surface area contributed by atoms with Crippen LogP contribution in [-0.4, -0.2) is 36.8 Å². The van der Waals surface area contributed by atoms with E-state index < -0.39 is 61.7 Å². The van der Waals surface area contributed by atoms with Crippen molar-refractivity contribution in [2.45, 2.75) is 32.2 Å². The Balaban J connectivity index is 2.53. The molecule has 0 aromatic heterocycles. The molecule has 37 heavy (non-hydrogen) atoms. The number of rotatable bonds is 8. The van der Waals surface area contributed by atoms with Crippen LogP contribution in [0.15, 0.2) is 118 Å². The summed E-state index contributed by atoms with van der Waals surface area (Å²) in [6, 6.07) is 18.5. The first kappa shape index (κ1) is 28.4. The lowest BCUT2D eigenvalue weighted by molar-refractivity contribution is -0.259. The minimum atomic E-state index is -8.03. The fraction of sp³-hybridized carbons (Fsp3) is 0.125. The van der Waals surface area contributed by atoms with E-state index >= 15 is 8.78 Å². The van der Waals surface area contributed by atoms with Crippen molar-refractivity contribution in [3.05, 3.63) is 103 Å². The maximum atomic E-state index is 16.0. The minimum absolute atomic E-state index is 0.406. The lowest BCUT2D eigenvalue weighted by Crippen LogP contribution is -2.63. The molecule has 0 aliphatic carbocycles. The van der Waals surface area contributed by atoms with Gasteiger partial charge in [0, 0.05) is 14.7 Å². The van der Waals surface area contributed by atoms with Crippen LogP contribution in [0.2, 0.25) is 0 Å². The quantitative estimate of drug-likeness (QED) is 0.130. The van der Waals surface area contributed by atoms with Gasteiger partial charge >= 0.3 is 17.4 Å².